The van der Waals surface area contributed by atoms with Crippen molar-refractivity contribution in [2.45, 2.75) is 25.9 Å². The highest BCUT2D eigenvalue weighted by molar-refractivity contribution is 5.79. The summed E-state index contributed by atoms with van der Waals surface area (Å²) in [7, 11) is 0. The van der Waals surface area contributed by atoms with Crippen molar-refractivity contribution in [3.8, 4) is 0 Å². The molecule has 9 heteroatoms. The summed E-state index contributed by atoms with van der Waals surface area (Å²) in [6.45, 7) is 0.680. The van der Waals surface area contributed by atoms with Gasteiger partial charge in [0.15, 0.2) is 0 Å². The molecule has 24 heavy (non-hydrogen) atoms. The Labute approximate surface area is 138 Å². The maximum atomic E-state index is 12.6. The van der Waals surface area contributed by atoms with Crippen LogP contribution in [0.1, 0.15) is 18.5 Å². The zero-order valence-corrected chi connectivity index (χ0v) is 13.5. The number of hydrogen-bond donors (Lipinski definition) is 1. The number of aryl methyl sites for hydroxylation is 1. The second-order valence-electron chi connectivity index (χ2n) is 5.90. The molecule has 0 radical (unpaired) electrons. The third kappa shape index (κ3) is 5.05. The van der Waals surface area contributed by atoms with Crippen LogP contribution < -0.4 is 4.90 Å². The number of carbonyl (C=O) groups is 1. The fourth-order valence-electron chi connectivity index (χ4n) is 2.86. The van der Waals surface area contributed by atoms with Crippen LogP contribution >= 0.6 is 0 Å². The third-order valence-electron chi connectivity index (χ3n) is 3.94. The van der Waals surface area contributed by atoms with Gasteiger partial charge in [0.05, 0.1) is 12.5 Å². The second-order valence-corrected chi connectivity index (χ2v) is 5.90. The molecule has 6 nitrogen and oxygen atoms in total. The lowest BCUT2D eigenvalue weighted by molar-refractivity contribution is -0.164. The molecule has 1 aromatic heterocycles. The van der Waals surface area contributed by atoms with Crippen LogP contribution in [0.15, 0.2) is 12.4 Å². The molecule has 1 fully saturated rings. The van der Waals surface area contributed by atoms with E-state index in [4.69, 9.17) is 5.11 Å². The van der Waals surface area contributed by atoms with Crippen LogP contribution in [0.3, 0.4) is 0 Å². The van der Waals surface area contributed by atoms with Gasteiger partial charge in [0.2, 0.25) is 5.91 Å². The molecule has 1 aliphatic rings. The lowest BCUT2D eigenvalue weighted by atomic mass is 9.96. The van der Waals surface area contributed by atoms with Crippen LogP contribution in [0, 0.1) is 12.8 Å². The molecular weight excluding hydrogens is 325 g/mol. The molecule has 0 unspecified atom stereocenters. The molecule has 1 aromatic rings. The van der Waals surface area contributed by atoms with E-state index in [0.717, 1.165) is 5.69 Å². The van der Waals surface area contributed by atoms with Gasteiger partial charge in [-0.1, -0.05) is 0 Å². The first-order valence-corrected chi connectivity index (χ1v) is 7.80. The van der Waals surface area contributed by atoms with E-state index in [1.54, 1.807) is 6.07 Å². The summed E-state index contributed by atoms with van der Waals surface area (Å²) in [5.74, 6) is -0.440. The Hall–Kier alpha value is -1.90. The highest BCUT2D eigenvalue weighted by Crippen LogP contribution is 2.25. The summed E-state index contributed by atoms with van der Waals surface area (Å²) in [6, 6.07) is 1.79. The molecule has 1 aliphatic heterocycles. The Balaban J connectivity index is 2.08. The molecule has 0 saturated carbocycles. The molecule has 1 amide bonds. The molecule has 0 bridgehead atoms. The van der Waals surface area contributed by atoms with Crippen LogP contribution in [0.5, 0.6) is 0 Å². The van der Waals surface area contributed by atoms with Crippen molar-refractivity contribution >= 4 is 11.7 Å². The van der Waals surface area contributed by atoms with Gasteiger partial charge in [-0.3, -0.25) is 4.79 Å². The zero-order chi connectivity index (χ0) is 17.7. The normalized spacial score (nSPS) is 18.5. The second kappa shape index (κ2) is 7.78. The van der Waals surface area contributed by atoms with Gasteiger partial charge in [0, 0.05) is 31.4 Å². The van der Waals surface area contributed by atoms with E-state index in [1.165, 1.54) is 6.33 Å². The number of aliphatic hydroxyl groups is 1. The highest BCUT2D eigenvalue weighted by Gasteiger charge is 2.36. The van der Waals surface area contributed by atoms with Crippen LogP contribution in [-0.2, 0) is 4.79 Å². The van der Waals surface area contributed by atoms with E-state index in [2.05, 4.69) is 9.97 Å². The van der Waals surface area contributed by atoms with E-state index in [1.807, 2.05) is 11.8 Å². The molecule has 1 saturated heterocycles. The SMILES string of the molecule is Cc1cc(N2CCC[C@H](C(=O)N(CCO)CC(F)(F)F)C2)ncn1. The van der Waals surface area contributed by atoms with E-state index in [-0.39, 0.29) is 6.54 Å². The topological polar surface area (TPSA) is 69.6 Å². The summed E-state index contributed by atoms with van der Waals surface area (Å²) in [5.41, 5.74) is 0.785. The summed E-state index contributed by atoms with van der Waals surface area (Å²) in [6.07, 6.45) is -1.83. The molecule has 1 N–H and O–H groups in total. The Morgan fingerprint density at radius 3 is 2.83 bits per heavy atom. The van der Waals surface area contributed by atoms with Gasteiger partial charge < -0.3 is 14.9 Å². The summed E-state index contributed by atoms with van der Waals surface area (Å²) < 4.78 is 37.9. The van der Waals surface area contributed by atoms with Gasteiger partial charge in [-0.25, -0.2) is 9.97 Å². The van der Waals surface area contributed by atoms with Crippen molar-refractivity contribution in [2.24, 2.45) is 5.92 Å². The Morgan fingerprint density at radius 1 is 1.46 bits per heavy atom. The van der Waals surface area contributed by atoms with Crippen LogP contribution in [0.2, 0.25) is 0 Å². The van der Waals surface area contributed by atoms with Crippen LogP contribution in [0.4, 0.5) is 19.0 Å². The number of halogens is 3. The van der Waals surface area contributed by atoms with Gasteiger partial charge in [-0.05, 0) is 19.8 Å². The average molecular weight is 346 g/mol. The molecule has 0 aliphatic carbocycles. The largest absolute Gasteiger partial charge is 0.406 e. The van der Waals surface area contributed by atoms with Gasteiger partial charge in [-0.15, -0.1) is 0 Å². The fourth-order valence-corrected chi connectivity index (χ4v) is 2.86. The average Bonchev–Trinajstić information content (AvgIpc) is 2.53. The number of aromatic nitrogens is 2. The number of nitrogens with zero attached hydrogens (tertiary/aromatic N) is 4. The van der Waals surface area contributed by atoms with Gasteiger partial charge in [0.1, 0.15) is 18.7 Å². The molecular formula is C15H21F3N4O2. The smallest absolute Gasteiger partial charge is 0.395 e. The molecule has 2 heterocycles. The molecule has 0 spiro atoms. The number of carbonyl (C=O) groups excluding carboxylic acids is 1. The fraction of sp³-hybridized carbons (Fsp3) is 0.667. The number of amides is 1. The van der Waals surface area contributed by atoms with Crippen molar-refractivity contribution in [2.75, 3.05) is 37.7 Å². The monoisotopic (exact) mass is 346 g/mol. The van der Waals surface area contributed by atoms with Crippen molar-refractivity contribution in [1.29, 1.82) is 0 Å². The number of hydrogen-bond acceptors (Lipinski definition) is 5. The number of alkyl halides is 3. The van der Waals surface area contributed by atoms with Gasteiger partial charge in [-0.2, -0.15) is 13.2 Å². The summed E-state index contributed by atoms with van der Waals surface area (Å²) in [4.78, 5) is 23.2. The molecule has 0 aromatic carbocycles. The minimum Gasteiger partial charge on any atom is -0.395 e. The van der Waals surface area contributed by atoms with Crippen LogP contribution in [0.25, 0.3) is 0 Å². The van der Waals surface area contributed by atoms with Crippen molar-refractivity contribution < 1.29 is 23.1 Å². The first-order valence-electron chi connectivity index (χ1n) is 7.80. The number of rotatable bonds is 5. The van der Waals surface area contributed by atoms with Crippen molar-refractivity contribution in [1.82, 2.24) is 14.9 Å². The van der Waals surface area contributed by atoms with Crippen LogP contribution in [-0.4, -0.2) is 64.8 Å². The molecule has 134 valence electrons. The number of piperidine rings is 1. The van der Waals surface area contributed by atoms with Crippen molar-refractivity contribution in [3.05, 3.63) is 18.1 Å². The maximum Gasteiger partial charge on any atom is 0.406 e. The summed E-state index contributed by atoms with van der Waals surface area (Å²) >= 11 is 0. The Kier molecular flexibility index (Phi) is 5.98. The highest BCUT2D eigenvalue weighted by atomic mass is 19.4. The first kappa shape index (κ1) is 18.4. The van der Waals surface area contributed by atoms with E-state index < -0.39 is 31.2 Å². The maximum absolute atomic E-state index is 12.6. The number of anilines is 1. The quantitative estimate of drug-likeness (QED) is 0.872. The lowest BCUT2D eigenvalue weighted by Crippen LogP contribution is -2.48. The third-order valence-corrected chi connectivity index (χ3v) is 3.94. The Bertz CT molecular complexity index is 568. The molecule has 2 rings (SSSR count). The zero-order valence-electron chi connectivity index (χ0n) is 13.5. The minimum atomic E-state index is -4.48. The molecule has 1 atom stereocenters. The predicted molar refractivity (Wildman–Crippen MR) is 81.4 cm³/mol. The van der Waals surface area contributed by atoms with E-state index in [0.29, 0.717) is 36.6 Å². The summed E-state index contributed by atoms with van der Waals surface area (Å²) in [5, 5.41) is 8.95. The van der Waals surface area contributed by atoms with E-state index >= 15 is 0 Å². The van der Waals surface area contributed by atoms with Gasteiger partial charge >= 0.3 is 6.18 Å². The standard InChI is InChI=1S/C15H21F3N4O2/c1-11-7-13(20-10-19-11)21-4-2-3-12(8-21)14(24)22(5-6-23)9-15(16,17)18/h7,10,12,23H,2-6,8-9H2,1H3/t12-/m0/s1. The van der Waals surface area contributed by atoms with E-state index in [9.17, 15) is 18.0 Å². The predicted octanol–water partition coefficient (Wildman–Crippen LogP) is 1.38. The minimum absolute atomic E-state index is 0.315. The number of aliphatic hydroxyl groups excluding tert-OH is 1. The first-order chi connectivity index (χ1) is 11.3. The Morgan fingerprint density at radius 2 is 2.21 bits per heavy atom. The van der Waals surface area contributed by atoms with Crippen molar-refractivity contribution in [3.63, 3.8) is 0 Å². The lowest BCUT2D eigenvalue weighted by Gasteiger charge is -2.35. The van der Waals surface area contributed by atoms with Gasteiger partial charge in [0.25, 0.3) is 0 Å².